The number of carbonyl (C=O) groups excluding carboxylic acids is 1. The van der Waals surface area contributed by atoms with Crippen LogP contribution >= 0.6 is 0 Å². The highest BCUT2D eigenvalue weighted by atomic mass is 16.3. The smallest absolute Gasteiger partial charge is 0.261 e. The van der Waals surface area contributed by atoms with Crippen LogP contribution in [0, 0.1) is 36.0 Å². The molecule has 200 valence electrons. The Morgan fingerprint density at radius 2 is 2.00 bits per heavy atom. The molecule has 0 radical (unpaired) electrons. The van der Waals surface area contributed by atoms with E-state index in [1.54, 1.807) is 6.20 Å². The number of fused-ring (bicyclic) bond motifs is 1. The molecule has 1 aromatic carbocycles. The maximum Gasteiger partial charge on any atom is 0.261 e. The number of likely N-dealkylation sites (tertiary alicyclic amines) is 1. The van der Waals surface area contributed by atoms with Crippen LogP contribution in [-0.2, 0) is 6.54 Å². The van der Waals surface area contributed by atoms with Gasteiger partial charge in [-0.3, -0.25) is 14.3 Å². The first kappa shape index (κ1) is 26.0. The monoisotopic (exact) mass is 516 g/mol. The Labute approximate surface area is 222 Å². The summed E-state index contributed by atoms with van der Waals surface area (Å²) in [6.07, 6.45) is 5.94. The minimum atomic E-state index is -0.730. The number of pyridine rings is 1. The lowest BCUT2D eigenvalue weighted by Gasteiger charge is -2.38. The number of benzene rings is 1. The van der Waals surface area contributed by atoms with Gasteiger partial charge in [0.05, 0.1) is 17.2 Å². The van der Waals surface area contributed by atoms with Crippen molar-refractivity contribution in [3.63, 3.8) is 0 Å². The molecular weight excluding hydrogens is 480 g/mol. The standard InChI is InChI=1S/C29H36N6O3/c1-18-16-22(6-7-23(18)28(37)34-14-10-21(11-15-34)29(2,3)38)32-26-25-24(9-13-31-27(25)36)35(33-26)17-20(8-12-30)19-4-5-19/h6-7,9,13,16,19-21,38H,4-5,8,10-11,14-15,17H2,1-3H3,(H,31,36)(H,32,33). The van der Waals surface area contributed by atoms with Gasteiger partial charge in [-0.15, -0.1) is 0 Å². The zero-order valence-electron chi connectivity index (χ0n) is 22.3. The summed E-state index contributed by atoms with van der Waals surface area (Å²) in [5, 5.41) is 28.1. The molecule has 1 amide bonds. The van der Waals surface area contributed by atoms with Crippen LogP contribution in [0.1, 0.15) is 61.9 Å². The van der Waals surface area contributed by atoms with E-state index in [4.69, 9.17) is 5.10 Å². The summed E-state index contributed by atoms with van der Waals surface area (Å²) in [4.78, 5) is 30.6. The van der Waals surface area contributed by atoms with Gasteiger partial charge in [0.25, 0.3) is 11.5 Å². The van der Waals surface area contributed by atoms with Crippen molar-refractivity contribution < 1.29 is 9.90 Å². The summed E-state index contributed by atoms with van der Waals surface area (Å²) in [6.45, 7) is 7.44. The van der Waals surface area contributed by atoms with Crippen molar-refractivity contribution in [1.29, 1.82) is 5.26 Å². The first-order valence-electron chi connectivity index (χ1n) is 13.5. The Balaban J connectivity index is 1.35. The SMILES string of the molecule is Cc1cc(Nc2nn(CC(CC#N)C3CC3)c3cc[nH]c(=O)c23)ccc1C(=O)N1CCC(C(C)(C)O)CC1. The molecule has 5 rings (SSSR count). The number of rotatable bonds is 8. The topological polar surface area (TPSA) is 127 Å². The Kier molecular flexibility index (Phi) is 7.01. The second-order valence-corrected chi connectivity index (χ2v) is 11.4. The third kappa shape index (κ3) is 5.32. The second-order valence-electron chi connectivity index (χ2n) is 11.4. The predicted octanol–water partition coefficient (Wildman–Crippen LogP) is 4.34. The summed E-state index contributed by atoms with van der Waals surface area (Å²) in [5.41, 5.74) is 2.01. The van der Waals surface area contributed by atoms with Crippen LogP contribution in [0.3, 0.4) is 0 Å². The van der Waals surface area contributed by atoms with Crippen LogP contribution < -0.4 is 10.9 Å². The number of aromatic amines is 1. The molecule has 1 aliphatic carbocycles. The number of aromatic nitrogens is 3. The van der Waals surface area contributed by atoms with Crippen molar-refractivity contribution in [2.75, 3.05) is 18.4 Å². The lowest BCUT2D eigenvalue weighted by atomic mass is 9.83. The third-order valence-corrected chi connectivity index (χ3v) is 8.22. The molecule has 1 unspecified atom stereocenters. The van der Waals surface area contributed by atoms with Crippen molar-refractivity contribution in [3.05, 3.63) is 51.9 Å². The van der Waals surface area contributed by atoms with Gasteiger partial charge in [-0.1, -0.05) is 0 Å². The first-order chi connectivity index (χ1) is 18.2. The van der Waals surface area contributed by atoms with E-state index in [0.717, 1.165) is 42.5 Å². The summed E-state index contributed by atoms with van der Waals surface area (Å²) in [7, 11) is 0. The van der Waals surface area contributed by atoms with Gasteiger partial charge in [-0.25, -0.2) is 0 Å². The van der Waals surface area contributed by atoms with Gasteiger partial charge in [-0.05, 0) is 94.0 Å². The minimum Gasteiger partial charge on any atom is -0.390 e. The molecule has 0 spiro atoms. The number of nitrogens with zero attached hydrogens (tertiary/aromatic N) is 4. The number of carbonyl (C=O) groups is 1. The number of nitrogens with one attached hydrogen (secondary N) is 2. The molecule has 1 aliphatic heterocycles. The zero-order valence-corrected chi connectivity index (χ0v) is 22.3. The molecule has 0 bridgehead atoms. The van der Waals surface area contributed by atoms with E-state index in [0.29, 0.717) is 48.7 Å². The number of H-pyrrole nitrogens is 1. The number of amides is 1. The molecule has 2 aliphatic rings. The average Bonchev–Trinajstić information content (AvgIpc) is 3.67. The molecule has 9 heteroatoms. The Morgan fingerprint density at radius 1 is 1.26 bits per heavy atom. The lowest BCUT2D eigenvalue weighted by Crippen LogP contribution is -2.44. The van der Waals surface area contributed by atoms with Crippen LogP contribution in [-0.4, -0.2) is 49.4 Å². The fourth-order valence-corrected chi connectivity index (χ4v) is 5.73. The van der Waals surface area contributed by atoms with Crippen LogP contribution in [0.15, 0.2) is 35.3 Å². The molecule has 2 aromatic heterocycles. The molecule has 2 fully saturated rings. The molecule has 1 saturated heterocycles. The maximum atomic E-state index is 13.2. The molecule has 3 N–H and O–H groups in total. The number of aliphatic hydroxyl groups is 1. The van der Waals surface area contributed by atoms with Crippen LogP contribution in [0.25, 0.3) is 10.9 Å². The fraction of sp³-hybridized carbons (Fsp3) is 0.517. The molecule has 38 heavy (non-hydrogen) atoms. The maximum absolute atomic E-state index is 13.2. The van der Waals surface area contributed by atoms with E-state index in [-0.39, 0.29) is 23.3 Å². The van der Waals surface area contributed by atoms with E-state index in [1.807, 2.05) is 54.6 Å². The van der Waals surface area contributed by atoms with Crippen molar-refractivity contribution in [1.82, 2.24) is 19.7 Å². The third-order valence-electron chi connectivity index (χ3n) is 8.22. The largest absolute Gasteiger partial charge is 0.390 e. The number of hydrogen-bond acceptors (Lipinski definition) is 6. The summed E-state index contributed by atoms with van der Waals surface area (Å²) >= 11 is 0. The van der Waals surface area contributed by atoms with Gasteiger partial charge >= 0.3 is 0 Å². The van der Waals surface area contributed by atoms with Crippen LogP contribution in [0.5, 0.6) is 0 Å². The normalized spacial score (nSPS) is 17.4. The number of hydrogen-bond donors (Lipinski definition) is 3. The zero-order chi connectivity index (χ0) is 27.0. The number of anilines is 2. The number of piperidine rings is 1. The number of nitriles is 1. The average molecular weight is 517 g/mol. The summed E-state index contributed by atoms with van der Waals surface area (Å²) < 4.78 is 1.84. The van der Waals surface area contributed by atoms with E-state index in [1.165, 1.54) is 0 Å². The van der Waals surface area contributed by atoms with E-state index < -0.39 is 5.60 Å². The van der Waals surface area contributed by atoms with Gasteiger partial charge in [0.2, 0.25) is 0 Å². The van der Waals surface area contributed by atoms with Gasteiger partial charge < -0.3 is 20.3 Å². The van der Waals surface area contributed by atoms with Gasteiger partial charge in [-0.2, -0.15) is 10.4 Å². The summed E-state index contributed by atoms with van der Waals surface area (Å²) in [5.74, 6) is 1.41. The van der Waals surface area contributed by atoms with E-state index in [9.17, 15) is 20.0 Å². The molecule has 1 saturated carbocycles. The van der Waals surface area contributed by atoms with Crippen molar-refractivity contribution in [3.8, 4) is 6.07 Å². The molecule has 3 heterocycles. The Hall–Kier alpha value is -3.64. The Morgan fingerprint density at radius 3 is 2.63 bits per heavy atom. The minimum absolute atomic E-state index is 0.00183. The van der Waals surface area contributed by atoms with Crippen molar-refractivity contribution >= 4 is 28.3 Å². The highest BCUT2D eigenvalue weighted by molar-refractivity contribution is 5.96. The number of aryl methyl sites for hydroxylation is 1. The highest BCUT2D eigenvalue weighted by Crippen LogP contribution is 2.40. The Bertz CT molecular complexity index is 1430. The quantitative estimate of drug-likeness (QED) is 0.409. The van der Waals surface area contributed by atoms with Crippen molar-refractivity contribution in [2.45, 2.75) is 65.0 Å². The summed E-state index contributed by atoms with van der Waals surface area (Å²) in [6, 6.07) is 9.72. The van der Waals surface area contributed by atoms with Crippen LogP contribution in [0.4, 0.5) is 11.5 Å². The van der Waals surface area contributed by atoms with Gasteiger partial charge in [0.1, 0.15) is 5.39 Å². The first-order valence-corrected chi connectivity index (χ1v) is 13.5. The van der Waals surface area contributed by atoms with Crippen LogP contribution in [0.2, 0.25) is 0 Å². The predicted molar refractivity (Wildman–Crippen MR) is 146 cm³/mol. The fourth-order valence-electron chi connectivity index (χ4n) is 5.73. The van der Waals surface area contributed by atoms with E-state index >= 15 is 0 Å². The van der Waals surface area contributed by atoms with Gasteiger partial charge in [0.15, 0.2) is 5.82 Å². The lowest BCUT2D eigenvalue weighted by molar-refractivity contribution is -0.0108. The molecule has 1 atom stereocenters. The van der Waals surface area contributed by atoms with E-state index in [2.05, 4.69) is 16.4 Å². The highest BCUT2D eigenvalue weighted by Gasteiger charge is 2.33. The molecular formula is C29H36N6O3. The van der Waals surface area contributed by atoms with Crippen molar-refractivity contribution in [2.24, 2.45) is 17.8 Å². The molecule has 9 nitrogen and oxygen atoms in total. The van der Waals surface area contributed by atoms with Gasteiger partial charge in [0, 0.05) is 43.5 Å². The second kappa shape index (κ2) is 10.3. The molecule has 3 aromatic rings.